The minimum absolute atomic E-state index is 0.00730. The number of carbonyl (C=O) groups excluding carboxylic acids is 2. The molecule has 3 rings (SSSR count). The summed E-state index contributed by atoms with van der Waals surface area (Å²) in [6, 6.07) is 2.43. The molecule has 32 heavy (non-hydrogen) atoms. The predicted octanol–water partition coefficient (Wildman–Crippen LogP) is 1.67. The molecule has 1 aromatic rings. The third-order valence-electron chi connectivity index (χ3n) is 6.44. The minimum Gasteiger partial charge on any atom is -0.493 e. The lowest BCUT2D eigenvalue weighted by molar-refractivity contribution is -0.141. The van der Waals surface area contributed by atoms with Crippen molar-refractivity contribution in [2.45, 2.75) is 58.3 Å². The molecule has 2 heterocycles. The Labute approximate surface area is 188 Å². The van der Waals surface area contributed by atoms with Gasteiger partial charge in [-0.3, -0.25) is 9.59 Å². The van der Waals surface area contributed by atoms with Crippen LogP contribution in [0.25, 0.3) is 0 Å². The lowest BCUT2D eigenvalue weighted by Gasteiger charge is -2.37. The summed E-state index contributed by atoms with van der Waals surface area (Å²) in [6.07, 6.45) is 0.815. The summed E-state index contributed by atoms with van der Waals surface area (Å²) in [5.41, 5.74) is -0.470. The van der Waals surface area contributed by atoms with E-state index in [4.69, 9.17) is 4.74 Å². The Balaban J connectivity index is 1.72. The van der Waals surface area contributed by atoms with Crippen molar-refractivity contribution < 1.29 is 23.1 Å². The molecule has 1 aromatic carbocycles. The number of ether oxygens (including phenoxy) is 1. The smallest absolute Gasteiger partial charge is 0.246 e. The number of amides is 2. The number of halogens is 2. The van der Waals surface area contributed by atoms with Gasteiger partial charge in [-0.2, -0.15) is 0 Å². The SMILES string of the molecule is CNC(C)C(=O)NC(C(=O)N1CCC2NCC(COc3ccc(F)c(F)c3)C21)C(C)(C)C. The molecule has 178 valence electrons. The second-order valence-corrected chi connectivity index (χ2v) is 9.79. The Morgan fingerprint density at radius 3 is 2.62 bits per heavy atom. The molecule has 0 saturated carbocycles. The monoisotopic (exact) mass is 452 g/mol. The van der Waals surface area contributed by atoms with E-state index in [1.54, 1.807) is 14.0 Å². The number of nitrogens with zero attached hydrogens (tertiary/aromatic N) is 1. The van der Waals surface area contributed by atoms with Gasteiger partial charge in [-0.05, 0) is 37.9 Å². The molecule has 2 saturated heterocycles. The van der Waals surface area contributed by atoms with Gasteiger partial charge in [0.1, 0.15) is 11.8 Å². The van der Waals surface area contributed by atoms with Crippen LogP contribution in [0, 0.1) is 23.0 Å². The van der Waals surface area contributed by atoms with Gasteiger partial charge in [0, 0.05) is 31.1 Å². The first kappa shape index (κ1) is 24.4. The molecule has 0 aliphatic carbocycles. The number of hydrogen-bond acceptors (Lipinski definition) is 5. The van der Waals surface area contributed by atoms with Crippen molar-refractivity contribution in [2.75, 3.05) is 26.7 Å². The van der Waals surface area contributed by atoms with Crippen LogP contribution in [0.2, 0.25) is 0 Å². The van der Waals surface area contributed by atoms with Gasteiger partial charge >= 0.3 is 0 Å². The van der Waals surface area contributed by atoms with Crippen LogP contribution >= 0.6 is 0 Å². The number of nitrogens with one attached hydrogen (secondary N) is 3. The highest BCUT2D eigenvalue weighted by molar-refractivity contribution is 5.90. The molecule has 0 radical (unpaired) electrons. The fourth-order valence-corrected chi connectivity index (χ4v) is 4.44. The first-order chi connectivity index (χ1) is 15.0. The van der Waals surface area contributed by atoms with Gasteiger partial charge in [-0.1, -0.05) is 20.8 Å². The summed E-state index contributed by atoms with van der Waals surface area (Å²) in [5.74, 6) is -1.96. The zero-order valence-corrected chi connectivity index (χ0v) is 19.4. The Morgan fingerprint density at radius 1 is 1.28 bits per heavy atom. The predicted molar refractivity (Wildman–Crippen MR) is 117 cm³/mol. The zero-order chi connectivity index (χ0) is 23.6. The van der Waals surface area contributed by atoms with E-state index in [2.05, 4.69) is 16.0 Å². The molecule has 2 fully saturated rings. The molecule has 0 aromatic heterocycles. The maximum atomic E-state index is 13.6. The number of rotatable bonds is 7. The summed E-state index contributed by atoms with van der Waals surface area (Å²) >= 11 is 0. The number of benzene rings is 1. The van der Waals surface area contributed by atoms with Gasteiger partial charge in [0.2, 0.25) is 11.8 Å². The molecular weight excluding hydrogens is 418 g/mol. The second-order valence-electron chi connectivity index (χ2n) is 9.79. The summed E-state index contributed by atoms with van der Waals surface area (Å²) < 4.78 is 32.4. The highest BCUT2D eigenvalue weighted by Gasteiger charge is 2.49. The molecule has 2 amide bonds. The van der Waals surface area contributed by atoms with Gasteiger partial charge in [0.15, 0.2) is 11.6 Å². The van der Waals surface area contributed by atoms with E-state index in [1.807, 2.05) is 25.7 Å². The molecule has 9 heteroatoms. The lowest BCUT2D eigenvalue weighted by Crippen LogP contribution is -2.59. The van der Waals surface area contributed by atoms with E-state index in [0.717, 1.165) is 18.6 Å². The van der Waals surface area contributed by atoms with Crippen LogP contribution in [0.3, 0.4) is 0 Å². The van der Waals surface area contributed by atoms with Crippen molar-refractivity contribution in [2.24, 2.45) is 11.3 Å². The van der Waals surface area contributed by atoms with E-state index in [1.165, 1.54) is 6.07 Å². The summed E-state index contributed by atoms with van der Waals surface area (Å²) in [4.78, 5) is 28.0. The Bertz CT molecular complexity index is 845. The van der Waals surface area contributed by atoms with E-state index in [0.29, 0.717) is 13.1 Å². The van der Waals surface area contributed by atoms with Crippen molar-refractivity contribution in [3.63, 3.8) is 0 Å². The topological polar surface area (TPSA) is 82.7 Å². The Morgan fingerprint density at radius 2 is 2.00 bits per heavy atom. The van der Waals surface area contributed by atoms with Gasteiger partial charge in [0.25, 0.3) is 0 Å². The van der Waals surface area contributed by atoms with Crippen LogP contribution in [0.5, 0.6) is 5.75 Å². The fourth-order valence-electron chi connectivity index (χ4n) is 4.44. The van der Waals surface area contributed by atoms with Crippen LogP contribution in [0.4, 0.5) is 8.78 Å². The number of likely N-dealkylation sites (tertiary alicyclic amines) is 1. The number of likely N-dealkylation sites (N-methyl/N-ethyl adjacent to an activating group) is 1. The van der Waals surface area contributed by atoms with E-state index < -0.39 is 29.1 Å². The van der Waals surface area contributed by atoms with Gasteiger partial charge < -0.3 is 25.6 Å². The fraction of sp³-hybridized carbons (Fsp3) is 0.652. The second kappa shape index (κ2) is 9.70. The summed E-state index contributed by atoms with van der Waals surface area (Å²) in [6.45, 7) is 9.07. The molecule has 5 unspecified atom stereocenters. The van der Waals surface area contributed by atoms with Crippen LogP contribution in [0.15, 0.2) is 18.2 Å². The van der Waals surface area contributed by atoms with Crippen molar-refractivity contribution >= 4 is 11.8 Å². The van der Waals surface area contributed by atoms with E-state index in [9.17, 15) is 18.4 Å². The standard InChI is InChI=1S/C23H34F2N4O3/c1-13(26-5)21(30)28-20(23(2,3)4)22(31)29-9-8-18-19(29)14(11-27-18)12-32-15-6-7-16(24)17(25)10-15/h6-7,10,13-14,18-20,26-27H,8-9,11-12H2,1-5H3,(H,28,30). The maximum absolute atomic E-state index is 13.6. The molecule has 2 aliphatic heterocycles. The third-order valence-corrected chi connectivity index (χ3v) is 6.44. The number of fused-ring (bicyclic) bond motifs is 1. The molecule has 0 spiro atoms. The van der Waals surface area contributed by atoms with Crippen molar-refractivity contribution in [1.82, 2.24) is 20.9 Å². The van der Waals surface area contributed by atoms with Crippen LogP contribution < -0.4 is 20.7 Å². The van der Waals surface area contributed by atoms with Crippen molar-refractivity contribution in [1.29, 1.82) is 0 Å². The average Bonchev–Trinajstić information content (AvgIpc) is 3.33. The average molecular weight is 453 g/mol. The Kier molecular flexibility index (Phi) is 7.39. The normalized spacial score (nSPS) is 24.7. The highest BCUT2D eigenvalue weighted by Crippen LogP contribution is 2.33. The van der Waals surface area contributed by atoms with E-state index >= 15 is 0 Å². The first-order valence-corrected chi connectivity index (χ1v) is 11.1. The molecule has 2 aliphatic rings. The van der Waals surface area contributed by atoms with Gasteiger partial charge in [-0.25, -0.2) is 8.78 Å². The van der Waals surface area contributed by atoms with E-state index in [-0.39, 0.29) is 42.2 Å². The minimum atomic E-state index is -0.956. The third kappa shape index (κ3) is 5.20. The largest absolute Gasteiger partial charge is 0.493 e. The molecular formula is C23H34F2N4O3. The van der Waals surface area contributed by atoms with Gasteiger partial charge in [0.05, 0.1) is 18.7 Å². The van der Waals surface area contributed by atoms with Crippen molar-refractivity contribution in [3.8, 4) is 5.75 Å². The first-order valence-electron chi connectivity index (χ1n) is 11.1. The Hall–Kier alpha value is -2.26. The molecule has 7 nitrogen and oxygen atoms in total. The lowest BCUT2D eigenvalue weighted by atomic mass is 9.85. The van der Waals surface area contributed by atoms with Crippen LogP contribution in [0.1, 0.15) is 34.1 Å². The molecule has 3 N–H and O–H groups in total. The molecule has 5 atom stereocenters. The zero-order valence-electron chi connectivity index (χ0n) is 19.4. The summed E-state index contributed by atoms with van der Waals surface area (Å²) in [7, 11) is 1.70. The number of carbonyl (C=O) groups is 2. The number of hydrogen-bond donors (Lipinski definition) is 3. The highest BCUT2D eigenvalue weighted by atomic mass is 19.2. The van der Waals surface area contributed by atoms with Gasteiger partial charge in [-0.15, -0.1) is 0 Å². The van der Waals surface area contributed by atoms with Crippen molar-refractivity contribution in [3.05, 3.63) is 29.8 Å². The molecule has 0 bridgehead atoms. The maximum Gasteiger partial charge on any atom is 0.246 e. The van der Waals surface area contributed by atoms with Crippen LogP contribution in [-0.4, -0.2) is 67.6 Å². The quantitative estimate of drug-likeness (QED) is 0.586. The summed E-state index contributed by atoms with van der Waals surface area (Å²) in [5, 5.41) is 9.28. The van der Waals surface area contributed by atoms with Crippen LogP contribution in [-0.2, 0) is 9.59 Å².